The molecular weight excluding hydrogens is 349 g/mol. The average Bonchev–Trinajstić information content (AvgIpc) is 3.06. The predicted molar refractivity (Wildman–Crippen MR) is 94.1 cm³/mol. The number of anilines is 1. The summed E-state index contributed by atoms with van der Waals surface area (Å²) in [7, 11) is 0. The zero-order valence-corrected chi connectivity index (χ0v) is 14.0. The third-order valence-corrected chi connectivity index (χ3v) is 4.62. The smallest absolute Gasteiger partial charge is 0.291 e. The van der Waals surface area contributed by atoms with Crippen LogP contribution in [-0.4, -0.2) is 5.91 Å². The number of hydrogen-bond acceptors (Lipinski definition) is 3. The fourth-order valence-electron chi connectivity index (χ4n) is 2.09. The molecule has 0 saturated heterocycles. The van der Waals surface area contributed by atoms with Gasteiger partial charge in [0.25, 0.3) is 5.91 Å². The van der Waals surface area contributed by atoms with E-state index >= 15 is 0 Å². The first kappa shape index (κ1) is 16.6. The van der Waals surface area contributed by atoms with E-state index in [9.17, 15) is 9.18 Å². The lowest BCUT2D eigenvalue weighted by molar-refractivity contribution is 0.0996. The van der Waals surface area contributed by atoms with Gasteiger partial charge in [-0.15, -0.1) is 11.8 Å². The van der Waals surface area contributed by atoms with Crippen LogP contribution in [0.3, 0.4) is 0 Å². The number of thioether (sulfide) groups is 1. The van der Waals surface area contributed by atoms with Crippen molar-refractivity contribution in [1.29, 1.82) is 0 Å². The fraction of sp³-hybridized carbons (Fsp3) is 0.0556. The SMILES string of the molecule is O=C(Nc1ccc(F)c(Cl)c1)c1occc1CSc1ccccc1. The van der Waals surface area contributed by atoms with Gasteiger partial charge >= 0.3 is 0 Å². The number of furan rings is 1. The molecule has 0 spiro atoms. The van der Waals surface area contributed by atoms with E-state index < -0.39 is 11.7 Å². The molecule has 0 unspecified atom stereocenters. The lowest BCUT2D eigenvalue weighted by Gasteiger charge is -2.06. The molecule has 0 aliphatic rings. The number of carbonyl (C=O) groups excluding carboxylic acids is 1. The fourth-order valence-corrected chi connectivity index (χ4v) is 3.17. The molecule has 0 aliphatic heterocycles. The molecule has 0 aliphatic carbocycles. The van der Waals surface area contributed by atoms with Crippen LogP contribution in [0.2, 0.25) is 5.02 Å². The molecule has 0 bridgehead atoms. The Morgan fingerprint density at radius 2 is 1.96 bits per heavy atom. The minimum Gasteiger partial charge on any atom is -0.459 e. The van der Waals surface area contributed by atoms with E-state index in [4.69, 9.17) is 16.0 Å². The molecule has 1 heterocycles. The second-order valence-corrected chi connectivity index (χ2v) is 6.42. The van der Waals surface area contributed by atoms with Gasteiger partial charge < -0.3 is 9.73 Å². The Balaban J connectivity index is 1.69. The highest BCUT2D eigenvalue weighted by Crippen LogP contribution is 2.26. The molecule has 1 N–H and O–H groups in total. The van der Waals surface area contributed by atoms with Crippen LogP contribution >= 0.6 is 23.4 Å². The molecule has 2 aromatic carbocycles. The Bertz CT molecular complexity index is 851. The van der Waals surface area contributed by atoms with Crippen molar-refractivity contribution < 1.29 is 13.6 Å². The van der Waals surface area contributed by atoms with Crippen molar-refractivity contribution in [3.8, 4) is 0 Å². The molecular formula is C18H13ClFNO2S. The molecule has 0 atom stereocenters. The minimum absolute atomic E-state index is 0.0490. The second kappa shape index (κ2) is 7.55. The number of rotatable bonds is 5. The van der Waals surface area contributed by atoms with Crippen molar-refractivity contribution in [3.63, 3.8) is 0 Å². The van der Waals surface area contributed by atoms with Gasteiger partial charge in [-0.2, -0.15) is 0 Å². The normalized spacial score (nSPS) is 10.6. The highest BCUT2D eigenvalue weighted by atomic mass is 35.5. The molecule has 3 aromatic rings. The van der Waals surface area contributed by atoms with Gasteiger partial charge in [0.15, 0.2) is 5.76 Å². The Hall–Kier alpha value is -2.24. The molecule has 3 rings (SSSR count). The van der Waals surface area contributed by atoms with Gasteiger partial charge in [0.2, 0.25) is 0 Å². The third-order valence-electron chi connectivity index (χ3n) is 3.27. The van der Waals surface area contributed by atoms with Crippen LogP contribution in [0.1, 0.15) is 16.1 Å². The number of amides is 1. The molecule has 122 valence electrons. The van der Waals surface area contributed by atoms with Crippen molar-refractivity contribution in [2.24, 2.45) is 0 Å². The summed E-state index contributed by atoms with van der Waals surface area (Å²) in [6.45, 7) is 0. The topological polar surface area (TPSA) is 42.2 Å². The van der Waals surface area contributed by atoms with Crippen LogP contribution < -0.4 is 5.32 Å². The number of nitrogens with one attached hydrogen (secondary N) is 1. The summed E-state index contributed by atoms with van der Waals surface area (Å²) in [6.07, 6.45) is 1.48. The standard InChI is InChI=1S/C18H13ClFNO2S/c19-15-10-13(6-7-16(15)20)21-18(22)17-12(8-9-23-17)11-24-14-4-2-1-3-5-14/h1-10H,11H2,(H,21,22). The number of benzene rings is 2. The summed E-state index contributed by atoms with van der Waals surface area (Å²) < 4.78 is 18.5. The van der Waals surface area contributed by atoms with Crippen molar-refractivity contribution in [1.82, 2.24) is 0 Å². The largest absolute Gasteiger partial charge is 0.459 e. The van der Waals surface area contributed by atoms with Gasteiger partial charge in [0.05, 0.1) is 11.3 Å². The molecule has 0 saturated carbocycles. The van der Waals surface area contributed by atoms with Gasteiger partial charge in [-0.3, -0.25) is 4.79 Å². The average molecular weight is 362 g/mol. The van der Waals surface area contributed by atoms with E-state index in [0.717, 1.165) is 10.5 Å². The monoisotopic (exact) mass is 361 g/mol. The van der Waals surface area contributed by atoms with Gasteiger partial charge in [-0.1, -0.05) is 29.8 Å². The van der Waals surface area contributed by atoms with E-state index in [1.54, 1.807) is 17.8 Å². The van der Waals surface area contributed by atoms with Crippen LogP contribution in [0.4, 0.5) is 10.1 Å². The lowest BCUT2D eigenvalue weighted by Crippen LogP contribution is -2.12. The summed E-state index contributed by atoms with van der Waals surface area (Å²) in [4.78, 5) is 13.5. The first-order valence-corrected chi connectivity index (χ1v) is 8.50. The first-order chi connectivity index (χ1) is 11.6. The maximum absolute atomic E-state index is 13.2. The van der Waals surface area contributed by atoms with Crippen molar-refractivity contribution in [3.05, 3.63) is 83.0 Å². The molecule has 6 heteroatoms. The molecule has 0 fully saturated rings. The maximum atomic E-state index is 13.2. The number of carbonyl (C=O) groups is 1. The molecule has 3 nitrogen and oxygen atoms in total. The number of halogens is 2. The number of hydrogen-bond donors (Lipinski definition) is 1. The van der Waals surface area contributed by atoms with Gasteiger partial charge in [-0.25, -0.2) is 4.39 Å². The second-order valence-electron chi connectivity index (χ2n) is 4.96. The summed E-state index contributed by atoms with van der Waals surface area (Å²) in [6, 6.07) is 15.7. The quantitative estimate of drug-likeness (QED) is 0.600. The van der Waals surface area contributed by atoms with Crippen molar-refractivity contribution in [2.45, 2.75) is 10.6 Å². The van der Waals surface area contributed by atoms with E-state index in [0.29, 0.717) is 11.4 Å². The summed E-state index contributed by atoms with van der Waals surface area (Å²) in [5, 5.41) is 2.61. The van der Waals surface area contributed by atoms with Crippen molar-refractivity contribution in [2.75, 3.05) is 5.32 Å². The van der Waals surface area contributed by atoms with Crippen molar-refractivity contribution >= 4 is 35.0 Å². The van der Waals surface area contributed by atoms with Crippen LogP contribution in [0.15, 0.2) is 70.2 Å². The van der Waals surface area contributed by atoms with Gasteiger partial charge in [-0.05, 0) is 36.4 Å². The zero-order valence-electron chi connectivity index (χ0n) is 12.5. The highest BCUT2D eigenvalue weighted by molar-refractivity contribution is 7.98. The molecule has 1 aromatic heterocycles. The summed E-state index contributed by atoms with van der Waals surface area (Å²) >= 11 is 7.33. The Morgan fingerprint density at radius 3 is 2.71 bits per heavy atom. The van der Waals surface area contributed by atoms with Crippen LogP contribution in [0.5, 0.6) is 0 Å². The predicted octanol–water partition coefficient (Wildman–Crippen LogP) is 5.62. The van der Waals surface area contributed by atoms with E-state index in [1.165, 1.54) is 24.5 Å². The molecule has 1 amide bonds. The molecule has 0 radical (unpaired) electrons. The Kier molecular flexibility index (Phi) is 5.23. The maximum Gasteiger partial charge on any atom is 0.291 e. The van der Waals surface area contributed by atoms with Gasteiger partial charge in [0.1, 0.15) is 5.82 Å². The third kappa shape index (κ3) is 3.99. The van der Waals surface area contributed by atoms with Crippen LogP contribution in [0.25, 0.3) is 0 Å². The summed E-state index contributed by atoms with van der Waals surface area (Å²) in [5.74, 6) is -0.0919. The minimum atomic E-state index is -0.535. The van der Waals surface area contributed by atoms with E-state index in [1.807, 2.05) is 30.3 Å². The van der Waals surface area contributed by atoms with E-state index in [-0.39, 0.29) is 10.8 Å². The highest BCUT2D eigenvalue weighted by Gasteiger charge is 2.16. The Labute approximate surface area is 147 Å². The lowest BCUT2D eigenvalue weighted by atomic mass is 10.2. The molecule has 24 heavy (non-hydrogen) atoms. The van der Waals surface area contributed by atoms with Crippen LogP contribution in [0, 0.1) is 5.82 Å². The summed E-state index contributed by atoms with van der Waals surface area (Å²) in [5.41, 5.74) is 1.19. The Morgan fingerprint density at radius 1 is 1.17 bits per heavy atom. The van der Waals surface area contributed by atoms with Crippen LogP contribution in [-0.2, 0) is 5.75 Å². The zero-order chi connectivity index (χ0) is 16.9. The first-order valence-electron chi connectivity index (χ1n) is 7.14. The van der Waals surface area contributed by atoms with E-state index in [2.05, 4.69) is 5.32 Å². The van der Waals surface area contributed by atoms with Gasteiger partial charge in [0, 0.05) is 21.9 Å².